The zero-order valence-corrected chi connectivity index (χ0v) is 9.10. The second-order valence-electron chi connectivity index (χ2n) is 4.01. The molecule has 1 aliphatic heterocycles. The molecule has 2 rings (SSSR count). The maximum absolute atomic E-state index is 11.2. The Morgan fingerprint density at radius 1 is 1.38 bits per heavy atom. The van der Waals surface area contributed by atoms with Gasteiger partial charge in [-0.3, -0.25) is 9.69 Å². The maximum Gasteiger partial charge on any atom is 0.234 e. The number of hydrogen-bond acceptors (Lipinski definition) is 3. The van der Waals surface area contributed by atoms with Crippen molar-refractivity contribution >= 4 is 5.91 Å². The lowest BCUT2D eigenvalue weighted by Crippen LogP contribution is -2.48. The summed E-state index contributed by atoms with van der Waals surface area (Å²) in [6.45, 7) is 2.36. The molecule has 1 heterocycles. The number of aliphatic hydroxyl groups is 1. The fraction of sp³-hybridized carbons (Fsp3) is 0.417. The maximum atomic E-state index is 11.2. The summed E-state index contributed by atoms with van der Waals surface area (Å²) in [5.74, 6) is 0.0338. The second-order valence-corrected chi connectivity index (χ2v) is 4.01. The fourth-order valence-corrected chi connectivity index (χ4v) is 1.87. The van der Waals surface area contributed by atoms with E-state index in [2.05, 4.69) is 5.32 Å². The first-order chi connectivity index (χ1) is 7.75. The average Bonchev–Trinajstić information content (AvgIpc) is 2.30. The van der Waals surface area contributed by atoms with Gasteiger partial charge < -0.3 is 10.4 Å². The van der Waals surface area contributed by atoms with E-state index in [-0.39, 0.29) is 5.91 Å². The Morgan fingerprint density at radius 3 is 2.81 bits per heavy atom. The minimum absolute atomic E-state index is 0.0338. The molecule has 1 unspecified atom stereocenters. The van der Waals surface area contributed by atoms with Crippen molar-refractivity contribution in [3.8, 4) is 0 Å². The molecule has 86 valence electrons. The van der Waals surface area contributed by atoms with Crippen LogP contribution in [0.1, 0.15) is 11.7 Å². The number of piperazine rings is 1. The van der Waals surface area contributed by atoms with Crippen molar-refractivity contribution in [2.75, 3.05) is 26.2 Å². The molecule has 0 bridgehead atoms. The van der Waals surface area contributed by atoms with Gasteiger partial charge in [0.15, 0.2) is 0 Å². The lowest BCUT2D eigenvalue weighted by atomic mass is 10.1. The van der Waals surface area contributed by atoms with Gasteiger partial charge in [0, 0.05) is 19.6 Å². The van der Waals surface area contributed by atoms with Crippen molar-refractivity contribution in [2.45, 2.75) is 6.10 Å². The Morgan fingerprint density at radius 2 is 2.12 bits per heavy atom. The molecule has 0 aromatic heterocycles. The highest BCUT2D eigenvalue weighted by atomic mass is 16.3. The number of β-amino-alcohol motifs (C(OH)–C–C–N with tert-alkyl or cyclic N) is 1. The molecule has 0 aliphatic carbocycles. The van der Waals surface area contributed by atoms with E-state index in [0.29, 0.717) is 19.6 Å². The first-order valence-electron chi connectivity index (χ1n) is 5.48. The molecule has 0 radical (unpaired) electrons. The molecular formula is C12H16N2O2. The van der Waals surface area contributed by atoms with Crippen LogP contribution in [0.25, 0.3) is 0 Å². The van der Waals surface area contributed by atoms with Crippen LogP contribution in [-0.2, 0) is 4.79 Å². The highest BCUT2D eigenvalue weighted by Crippen LogP contribution is 2.13. The van der Waals surface area contributed by atoms with Crippen LogP contribution in [-0.4, -0.2) is 42.1 Å². The third kappa shape index (κ3) is 2.81. The first-order valence-corrected chi connectivity index (χ1v) is 5.48. The number of benzene rings is 1. The third-order valence-electron chi connectivity index (χ3n) is 2.73. The fourth-order valence-electron chi connectivity index (χ4n) is 1.87. The molecule has 1 atom stereocenters. The number of nitrogens with zero attached hydrogens (tertiary/aromatic N) is 1. The molecule has 1 aromatic carbocycles. The molecule has 0 spiro atoms. The summed E-state index contributed by atoms with van der Waals surface area (Å²) in [7, 11) is 0. The summed E-state index contributed by atoms with van der Waals surface area (Å²) in [6, 6.07) is 9.52. The van der Waals surface area contributed by atoms with E-state index < -0.39 is 6.10 Å². The molecule has 1 aliphatic rings. The minimum Gasteiger partial charge on any atom is -0.387 e. The molecule has 1 amide bonds. The zero-order valence-electron chi connectivity index (χ0n) is 9.10. The molecule has 16 heavy (non-hydrogen) atoms. The van der Waals surface area contributed by atoms with E-state index in [1.165, 1.54) is 0 Å². The van der Waals surface area contributed by atoms with E-state index in [0.717, 1.165) is 12.1 Å². The van der Waals surface area contributed by atoms with Crippen LogP contribution in [0, 0.1) is 0 Å². The van der Waals surface area contributed by atoms with E-state index in [1.54, 1.807) is 0 Å². The van der Waals surface area contributed by atoms with Crippen molar-refractivity contribution < 1.29 is 9.90 Å². The van der Waals surface area contributed by atoms with Gasteiger partial charge in [-0.1, -0.05) is 30.3 Å². The van der Waals surface area contributed by atoms with E-state index in [4.69, 9.17) is 0 Å². The smallest absolute Gasteiger partial charge is 0.234 e. The van der Waals surface area contributed by atoms with Crippen molar-refractivity contribution in [1.29, 1.82) is 0 Å². The molecule has 1 saturated heterocycles. The van der Waals surface area contributed by atoms with Crippen LogP contribution in [0.15, 0.2) is 30.3 Å². The Kier molecular flexibility index (Phi) is 3.54. The van der Waals surface area contributed by atoms with E-state index in [9.17, 15) is 9.90 Å². The lowest BCUT2D eigenvalue weighted by molar-refractivity contribution is -0.124. The first kappa shape index (κ1) is 11.1. The highest BCUT2D eigenvalue weighted by molar-refractivity contribution is 5.78. The predicted octanol–water partition coefficient (Wildman–Crippen LogP) is 0.152. The molecule has 0 saturated carbocycles. The topological polar surface area (TPSA) is 52.6 Å². The van der Waals surface area contributed by atoms with Gasteiger partial charge in [0.25, 0.3) is 0 Å². The SMILES string of the molecule is O=C1CN(CC(O)c2ccccc2)CCN1. The molecule has 1 fully saturated rings. The number of aliphatic hydroxyl groups excluding tert-OH is 1. The molecular weight excluding hydrogens is 204 g/mol. The van der Waals surface area contributed by atoms with Gasteiger partial charge in [-0.05, 0) is 5.56 Å². The van der Waals surface area contributed by atoms with Gasteiger partial charge in [-0.25, -0.2) is 0 Å². The number of nitrogens with one attached hydrogen (secondary N) is 1. The largest absolute Gasteiger partial charge is 0.387 e. The number of amides is 1. The van der Waals surface area contributed by atoms with E-state index in [1.807, 2.05) is 35.2 Å². The predicted molar refractivity (Wildman–Crippen MR) is 60.9 cm³/mol. The van der Waals surface area contributed by atoms with Crippen LogP contribution in [0.5, 0.6) is 0 Å². The quantitative estimate of drug-likeness (QED) is 0.762. The summed E-state index contributed by atoms with van der Waals surface area (Å²) >= 11 is 0. The van der Waals surface area contributed by atoms with Crippen molar-refractivity contribution in [1.82, 2.24) is 10.2 Å². The third-order valence-corrected chi connectivity index (χ3v) is 2.73. The summed E-state index contributed by atoms with van der Waals surface area (Å²) < 4.78 is 0. The van der Waals surface area contributed by atoms with Crippen LogP contribution in [0.2, 0.25) is 0 Å². The molecule has 4 nitrogen and oxygen atoms in total. The molecule has 1 aromatic rings. The standard InChI is InChI=1S/C12H16N2O2/c15-11(10-4-2-1-3-5-10)8-14-7-6-13-12(16)9-14/h1-5,11,15H,6-9H2,(H,13,16). The van der Waals surface area contributed by atoms with Gasteiger partial charge in [0.05, 0.1) is 12.6 Å². The Balaban J connectivity index is 1.92. The van der Waals surface area contributed by atoms with Gasteiger partial charge in [0.1, 0.15) is 0 Å². The monoisotopic (exact) mass is 220 g/mol. The average molecular weight is 220 g/mol. The summed E-state index contributed by atoms with van der Waals surface area (Å²) in [6.07, 6.45) is -0.521. The molecule has 4 heteroatoms. The van der Waals surface area contributed by atoms with E-state index >= 15 is 0 Å². The Labute approximate surface area is 94.9 Å². The van der Waals surface area contributed by atoms with Crippen LogP contribution < -0.4 is 5.32 Å². The number of hydrogen-bond donors (Lipinski definition) is 2. The van der Waals surface area contributed by atoms with Gasteiger partial charge in [-0.15, -0.1) is 0 Å². The van der Waals surface area contributed by atoms with Crippen molar-refractivity contribution in [3.63, 3.8) is 0 Å². The van der Waals surface area contributed by atoms with Crippen LogP contribution in [0.3, 0.4) is 0 Å². The number of rotatable bonds is 3. The van der Waals surface area contributed by atoms with Gasteiger partial charge >= 0.3 is 0 Å². The minimum atomic E-state index is -0.521. The van der Waals surface area contributed by atoms with Crippen molar-refractivity contribution in [3.05, 3.63) is 35.9 Å². The number of carbonyl (C=O) groups is 1. The Hall–Kier alpha value is -1.39. The van der Waals surface area contributed by atoms with Crippen LogP contribution in [0.4, 0.5) is 0 Å². The van der Waals surface area contributed by atoms with Crippen molar-refractivity contribution in [2.24, 2.45) is 0 Å². The lowest BCUT2D eigenvalue weighted by Gasteiger charge is -2.28. The van der Waals surface area contributed by atoms with Gasteiger partial charge in [-0.2, -0.15) is 0 Å². The molecule has 2 N–H and O–H groups in total. The second kappa shape index (κ2) is 5.09. The zero-order chi connectivity index (χ0) is 11.4. The summed E-state index contributed by atoms with van der Waals surface area (Å²) in [5, 5.41) is 12.7. The Bertz CT molecular complexity index is 353. The number of carbonyl (C=O) groups excluding carboxylic acids is 1. The van der Waals surface area contributed by atoms with Crippen LogP contribution >= 0.6 is 0 Å². The summed E-state index contributed by atoms with van der Waals surface area (Å²) in [4.78, 5) is 13.1. The summed E-state index contributed by atoms with van der Waals surface area (Å²) in [5.41, 5.74) is 0.897. The normalized spacial score (nSPS) is 19.2. The highest BCUT2D eigenvalue weighted by Gasteiger charge is 2.19. The van der Waals surface area contributed by atoms with Gasteiger partial charge in [0.2, 0.25) is 5.91 Å².